The minimum atomic E-state index is -1.06. The number of thioether (sulfide) groups is 1. The van der Waals surface area contributed by atoms with Crippen molar-refractivity contribution in [3.05, 3.63) is 47.7 Å². The molecule has 1 N–H and O–H groups in total. The summed E-state index contributed by atoms with van der Waals surface area (Å²) in [6.07, 6.45) is 1.50. The molecule has 0 amide bonds. The fraction of sp³-hybridized carbons (Fsp3) is 0.188. The zero-order valence-corrected chi connectivity index (χ0v) is 12.8. The summed E-state index contributed by atoms with van der Waals surface area (Å²) in [6, 6.07) is 8.04. The lowest BCUT2D eigenvalue weighted by Gasteiger charge is -2.18. The first-order valence-corrected chi connectivity index (χ1v) is 7.87. The summed E-state index contributed by atoms with van der Waals surface area (Å²) in [5.74, 6) is 0.0764. The lowest BCUT2D eigenvalue weighted by atomic mass is 10.1. The van der Waals surface area contributed by atoms with Crippen LogP contribution in [-0.2, 0) is 0 Å². The van der Waals surface area contributed by atoms with Crippen LogP contribution in [0.3, 0.4) is 0 Å². The first-order chi connectivity index (χ1) is 11.1. The molecule has 23 heavy (non-hydrogen) atoms. The van der Waals surface area contributed by atoms with Crippen LogP contribution in [0.2, 0.25) is 0 Å². The SMILES string of the molecule is O=C(CSc1ncccc1C(=O)O)c1ccc2c(c1)OCCO2. The molecular formula is C16H13NO5S. The molecule has 0 aliphatic carbocycles. The third-order valence-corrected chi connectivity index (χ3v) is 4.21. The van der Waals surface area contributed by atoms with Gasteiger partial charge in [0.05, 0.1) is 11.3 Å². The van der Waals surface area contributed by atoms with Crippen LogP contribution in [0.15, 0.2) is 41.6 Å². The number of nitrogens with zero attached hydrogens (tertiary/aromatic N) is 1. The highest BCUT2D eigenvalue weighted by molar-refractivity contribution is 8.00. The van der Waals surface area contributed by atoms with E-state index in [0.29, 0.717) is 35.3 Å². The number of aromatic carboxylic acids is 1. The second-order valence-electron chi connectivity index (χ2n) is 4.73. The van der Waals surface area contributed by atoms with E-state index in [1.54, 1.807) is 24.3 Å². The topological polar surface area (TPSA) is 85.7 Å². The fourth-order valence-electron chi connectivity index (χ4n) is 2.10. The van der Waals surface area contributed by atoms with E-state index >= 15 is 0 Å². The van der Waals surface area contributed by atoms with Crippen LogP contribution in [0.4, 0.5) is 0 Å². The second-order valence-corrected chi connectivity index (χ2v) is 5.70. The van der Waals surface area contributed by atoms with Crippen LogP contribution in [0.1, 0.15) is 20.7 Å². The van der Waals surface area contributed by atoms with Gasteiger partial charge in [0.2, 0.25) is 0 Å². The van der Waals surface area contributed by atoms with Gasteiger partial charge in [0.15, 0.2) is 17.3 Å². The summed E-state index contributed by atoms with van der Waals surface area (Å²) < 4.78 is 10.9. The molecule has 0 bridgehead atoms. The van der Waals surface area contributed by atoms with Gasteiger partial charge in [-0.25, -0.2) is 9.78 Å². The number of carbonyl (C=O) groups excluding carboxylic acids is 1. The Bertz CT molecular complexity index is 762. The fourth-order valence-corrected chi connectivity index (χ4v) is 2.98. The summed E-state index contributed by atoms with van der Waals surface area (Å²) >= 11 is 1.10. The number of pyridine rings is 1. The number of aromatic nitrogens is 1. The van der Waals surface area contributed by atoms with Crippen molar-refractivity contribution in [3.8, 4) is 11.5 Å². The molecule has 0 radical (unpaired) electrons. The number of carbonyl (C=O) groups is 2. The minimum Gasteiger partial charge on any atom is -0.486 e. The molecule has 0 fully saturated rings. The zero-order chi connectivity index (χ0) is 16.2. The van der Waals surface area contributed by atoms with E-state index < -0.39 is 5.97 Å². The summed E-state index contributed by atoms with van der Waals surface area (Å²) in [5.41, 5.74) is 0.585. The van der Waals surface area contributed by atoms with E-state index in [4.69, 9.17) is 14.6 Å². The first-order valence-electron chi connectivity index (χ1n) is 6.89. The number of hydrogen-bond acceptors (Lipinski definition) is 6. The van der Waals surface area contributed by atoms with Crippen molar-refractivity contribution < 1.29 is 24.2 Å². The number of ether oxygens (including phenoxy) is 2. The number of carboxylic acid groups (broad SMARTS) is 1. The average Bonchev–Trinajstić information content (AvgIpc) is 2.59. The average molecular weight is 331 g/mol. The smallest absolute Gasteiger partial charge is 0.338 e. The Labute approximate surface area is 136 Å². The van der Waals surface area contributed by atoms with Gasteiger partial charge >= 0.3 is 5.97 Å². The standard InChI is InChI=1S/C16H13NO5S/c18-12(9-23-15-11(16(19)20)2-1-5-17-15)10-3-4-13-14(8-10)22-7-6-21-13/h1-5,8H,6-7,9H2,(H,19,20). The van der Waals surface area contributed by atoms with Crippen LogP contribution in [0.25, 0.3) is 0 Å². The lowest BCUT2D eigenvalue weighted by Crippen LogP contribution is -2.16. The van der Waals surface area contributed by atoms with Gasteiger partial charge in [-0.1, -0.05) is 11.8 Å². The Morgan fingerprint density at radius 3 is 2.74 bits per heavy atom. The van der Waals surface area contributed by atoms with Crippen LogP contribution in [0.5, 0.6) is 11.5 Å². The summed E-state index contributed by atoms with van der Waals surface area (Å²) in [7, 11) is 0. The Balaban J connectivity index is 1.72. The van der Waals surface area contributed by atoms with Crippen LogP contribution in [-0.4, -0.2) is 40.8 Å². The molecule has 1 aliphatic heterocycles. The van der Waals surface area contributed by atoms with E-state index in [-0.39, 0.29) is 17.1 Å². The third kappa shape index (κ3) is 3.45. The Morgan fingerprint density at radius 1 is 1.17 bits per heavy atom. The zero-order valence-electron chi connectivity index (χ0n) is 12.0. The molecule has 0 saturated carbocycles. The highest BCUT2D eigenvalue weighted by Crippen LogP contribution is 2.31. The molecule has 0 saturated heterocycles. The number of fused-ring (bicyclic) bond motifs is 1. The van der Waals surface area contributed by atoms with E-state index in [1.807, 2.05) is 0 Å². The monoisotopic (exact) mass is 331 g/mol. The van der Waals surface area contributed by atoms with E-state index in [0.717, 1.165) is 11.8 Å². The largest absolute Gasteiger partial charge is 0.486 e. The molecular weight excluding hydrogens is 318 g/mol. The highest BCUT2D eigenvalue weighted by Gasteiger charge is 2.17. The predicted molar refractivity (Wildman–Crippen MR) is 83.7 cm³/mol. The van der Waals surface area contributed by atoms with Gasteiger partial charge < -0.3 is 14.6 Å². The molecule has 0 spiro atoms. The minimum absolute atomic E-state index is 0.0903. The molecule has 1 aromatic heterocycles. The van der Waals surface area contributed by atoms with Crippen molar-refractivity contribution in [2.24, 2.45) is 0 Å². The van der Waals surface area contributed by atoms with Crippen LogP contribution < -0.4 is 9.47 Å². The first kappa shape index (κ1) is 15.4. The van der Waals surface area contributed by atoms with Gasteiger partial charge in [-0.15, -0.1) is 0 Å². The molecule has 6 nitrogen and oxygen atoms in total. The molecule has 0 unspecified atom stereocenters. The molecule has 2 aromatic rings. The maximum Gasteiger partial charge on any atom is 0.338 e. The maximum absolute atomic E-state index is 12.3. The number of rotatable bonds is 5. The van der Waals surface area contributed by atoms with Gasteiger partial charge in [-0.3, -0.25) is 4.79 Å². The quantitative estimate of drug-likeness (QED) is 0.665. The maximum atomic E-state index is 12.3. The van der Waals surface area contributed by atoms with Gasteiger partial charge in [-0.05, 0) is 30.3 Å². The van der Waals surface area contributed by atoms with Gasteiger partial charge in [0.1, 0.15) is 18.2 Å². The van der Waals surface area contributed by atoms with Crippen LogP contribution in [0, 0.1) is 0 Å². The Hall–Kier alpha value is -2.54. The summed E-state index contributed by atoms with van der Waals surface area (Å²) in [5, 5.41) is 9.44. The van der Waals surface area contributed by atoms with Crippen molar-refractivity contribution in [2.75, 3.05) is 19.0 Å². The number of Topliss-reactive ketones (excluding diaryl/α,β-unsaturated/α-hetero) is 1. The van der Waals surface area contributed by atoms with Crippen molar-refractivity contribution in [1.29, 1.82) is 0 Å². The van der Waals surface area contributed by atoms with Gasteiger partial charge in [-0.2, -0.15) is 0 Å². The number of benzene rings is 1. The van der Waals surface area contributed by atoms with E-state index in [9.17, 15) is 9.59 Å². The van der Waals surface area contributed by atoms with Crippen LogP contribution >= 0.6 is 11.8 Å². The summed E-state index contributed by atoms with van der Waals surface area (Å²) in [6.45, 7) is 0.948. The molecule has 1 aromatic carbocycles. The van der Waals surface area contributed by atoms with E-state index in [2.05, 4.69) is 4.98 Å². The number of carboxylic acids is 1. The summed E-state index contributed by atoms with van der Waals surface area (Å²) in [4.78, 5) is 27.4. The molecule has 3 rings (SSSR count). The Morgan fingerprint density at radius 2 is 1.96 bits per heavy atom. The highest BCUT2D eigenvalue weighted by atomic mass is 32.2. The molecule has 0 atom stereocenters. The molecule has 2 heterocycles. The second kappa shape index (κ2) is 6.70. The van der Waals surface area contributed by atoms with Crippen molar-refractivity contribution in [3.63, 3.8) is 0 Å². The Kier molecular flexibility index (Phi) is 4.47. The number of ketones is 1. The molecule has 118 valence electrons. The van der Waals surface area contributed by atoms with Crippen molar-refractivity contribution in [2.45, 2.75) is 5.03 Å². The van der Waals surface area contributed by atoms with Gasteiger partial charge in [0, 0.05) is 11.8 Å². The van der Waals surface area contributed by atoms with Crippen molar-refractivity contribution >= 4 is 23.5 Å². The van der Waals surface area contributed by atoms with Crippen molar-refractivity contribution in [1.82, 2.24) is 4.98 Å². The third-order valence-electron chi connectivity index (χ3n) is 3.21. The lowest BCUT2D eigenvalue weighted by molar-refractivity contribution is 0.0692. The number of hydrogen-bond donors (Lipinski definition) is 1. The predicted octanol–water partition coefficient (Wildman–Crippen LogP) is 2.53. The molecule has 7 heteroatoms. The van der Waals surface area contributed by atoms with Gasteiger partial charge in [0.25, 0.3) is 0 Å². The normalized spacial score (nSPS) is 12.7. The molecule has 1 aliphatic rings. The van der Waals surface area contributed by atoms with E-state index in [1.165, 1.54) is 12.3 Å².